The smallest absolute Gasteiger partial charge is 0.320 e. The van der Waals surface area contributed by atoms with Gasteiger partial charge in [-0.1, -0.05) is 18.2 Å². The van der Waals surface area contributed by atoms with Gasteiger partial charge in [0.05, 0.1) is 13.7 Å². The summed E-state index contributed by atoms with van der Waals surface area (Å²) in [5, 5.41) is 2.83. The molecule has 3 rings (SSSR count). The first-order valence-corrected chi connectivity index (χ1v) is 9.85. The lowest BCUT2D eigenvalue weighted by Gasteiger charge is -2.18. The van der Waals surface area contributed by atoms with Gasteiger partial charge in [-0.05, 0) is 42.3 Å². The maximum absolute atomic E-state index is 13.0. The van der Waals surface area contributed by atoms with Crippen molar-refractivity contribution in [3.8, 4) is 11.5 Å². The minimum absolute atomic E-state index is 0.00703. The summed E-state index contributed by atoms with van der Waals surface area (Å²) in [7, 11) is 1.57. The molecule has 2 aromatic carbocycles. The lowest BCUT2D eigenvalue weighted by molar-refractivity contribution is -0.121. The van der Waals surface area contributed by atoms with Crippen LogP contribution in [0.15, 0.2) is 42.5 Å². The molecule has 1 heterocycles. The highest BCUT2D eigenvalue weighted by Crippen LogP contribution is 2.28. The van der Waals surface area contributed by atoms with E-state index in [0.29, 0.717) is 44.3 Å². The van der Waals surface area contributed by atoms with Gasteiger partial charge in [-0.15, -0.1) is 0 Å². The van der Waals surface area contributed by atoms with Crippen LogP contribution in [0.1, 0.15) is 18.1 Å². The van der Waals surface area contributed by atoms with Crippen LogP contribution < -0.4 is 14.8 Å². The van der Waals surface area contributed by atoms with Crippen molar-refractivity contribution in [3.63, 3.8) is 0 Å². The number of nitrogens with zero attached hydrogens (tertiary/aromatic N) is 2. The Kier molecular flexibility index (Phi) is 7.11. The molecule has 0 bridgehead atoms. The van der Waals surface area contributed by atoms with Gasteiger partial charge >= 0.3 is 6.03 Å². The molecule has 0 radical (unpaired) electrons. The molecule has 2 aromatic rings. The molecule has 1 fully saturated rings. The summed E-state index contributed by atoms with van der Waals surface area (Å²) >= 11 is 0. The third-order valence-electron chi connectivity index (χ3n) is 4.82. The zero-order chi connectivity index (χ0) is 21.5. The molecule has 0 atom stereocenters. The van der Waals surface area contributed by atoms with Crippen molar-refractivity contribution in [2.75, 3.05) is 33.4 Å². The van der Waals surface area contributed by atoms with Crippen molar-refractivity contribution < 1.29 is 23.5 Å². The number of ether oxygens (including phenoxy) is 2. The van der Waals surface area contributed by atoms with E-state index in [1.165, 1.54) is 17.0 Å². The molecule has 1 N–H and O–H groups in total. The number of hydrogen-bond acceptors (Lipinski definition) is 4. The number of urea groups is 1. The summed E-state index contributed by atoms with van der Waals surface area (Å²) in [4.78, 5) is 28.0. The SMILES string of the molecule is CCOc1ccc(CNC(=O)CN2CCN(Cc3ccc(F)cc3)C2=O)cc1OC. The summed E-state index contributed by atoms with van der Waals surface area (Å²) in [6, 6.07) is 11.3. The van der Waals surface area contributed by atoms with Gasteiger partial charge in [0.15, 0.2) is 11.5 Å². The molecule has 0 spiro atoms. The van der Waals surface area contributed by atoms with Gasteiger partial charge in [-0.25, -0.2) is 9.18 Å². The van der Waals surface area contributed by atoms with Crippen molar-refractivity contribution in [2.45, 2.75) is 20.0 Å². The lowest BCUT2D eigenvalue weighted by atomic mass is 10.2. The van der Waals surface area contributed by atoms with Gasteiger partial charge < -0.3 is 24.6 Å². The second kappa shape index (κ2) is 9.96. The number of halogens is 1. The van der Waals surface area contributed by atoms with Crippen LogP contribution in [-0.4, -0.2) is 55.1 Å². The Labute approximate surface area is 175 Å². The molecule has 0 aromatic heterocycles. The first-order chi connectivity index (χ1) is 14.5. The first kappa shape index (κ1) is 21.4. The van der Waals surface area contributed by atoms with Crippen molar-refractivity contribution in [1.29, 1.82) is 0 Å². The van der Waals surface area contributed by atoms with Gasteiger partial charge in [0.1, 0.15) is 12.4 Å². The summed E-state index contributed by atoms with van der Waals surface area (Å²) in [5.74, 6) is 0.712. The molecule has 0 unspecified atom stereocenters. The van der Waals surface area contributed by atoms with Gasteiger partial charge in [-0.2, -0.15) is 0 Å². The monoisotopic (exact) mass is 415 g/mol. The highest BCUT2D eigenvalue weighted by atomic mass is 19.1. The summed E-state index contributed by atoms with van der Waals surface area (Å²) in [5.41, 5.74) is 1.72. The topological polar surface area (TPSA) is 71.1 Å². The summed E-state index contributed by atoms with van der Waals surface area (Å²) in [6.07, 6.45) is 0. The maximum atomic E-state index is 13.0. The summed E-state index contributed by atoms with van der Waals surface area (Å²) in [6.45, 7) is 4.14. The fourth-order valence-corrected chi connectivity index (χ4v) is 3.26. The number of carbonyl (C=O) groups is 2. The normalized spacial score (nSPS) is 13.5. The van der Waals surface area contributed by atoms with Gasteiger partial charge in [-0.3, -0.25) is 4.79 Å². The van der Waals surface area contributed by atoms with Crippen molar-refractivity contribution in [1.82, 2.24) is 15.1 Å². The Morgan fingerprint density at radius 1 is 1.07 bits per heavy atom. The van der Waals surface area contributed by atoms with Gasteiger partial charge in [0, 0.05) is 26.2 Å². The molecule has 30 heavy (non-hydrogen) atoms. The van der Waals surface area contributed by atoms with E-state index in [-0.39, 0.29) is 24.3 Å². The second-order valence-corrected chi connectivity index (χ2v) is 6.95. The average Bonchev–Trinajstić information content (AvgIpc) is 3.08. The lowest BCUT2D eigenvalue weighted by Crippen LogP contribution is -2.39. The molecule has 0 saturated carbocycles. The highest BCUT2D eigenvalue weighted by Gasteiger charge is 2.29. The Morgan fingerprint density at radius 2 is 1.77 bits per heavy atom. The summed E-state index contributed by atoms with van der Waals surface area (Å²) < 4.78 is 23.8. The quantitative estimate of drug-likeness (QED) is 0.684. The van der Waals surface area contributed by atoms with Crippen LogP contribution in [0, 0.1) is 5.82 Å². The van der Waals surface area contributed by atoms with Crippen LogP contribution in [0.5, 0.6) is 11.5 Å². The van der Waals surface area contributed by atoms with Gasteiger partial charge in [0.25, 0.3) is 0 Å². The van der Waals surface area contributed by atoms with Crippen LogP contribution in [0.25, 0.3) is 0 Å². The molecule has 1 saturated heterocycles. The predicted octanol–water partition coefficient (Wildman–Crippen LogP) is 2.79. The minimum Gasteiger partial charge on any atom is -0.493 e. The number of rotatable bonds is 9. The van der Waals surface area contributed by atoms with E-state index in [1.54, 1.807) is 30.2 Å². The zero-order valence-electron chi connectivity index (χ0n) is 17.2. The number of hydrogen-bond donors (Lipinski definition) is 1. The van der Waals surface area contributed by atoms with Crippen molar-refractivity contribution >= 4 is 11.9 Å². The third-order valence-corrected chi connectivity index (χ3v) is 4.82. The second-order valence-electron chi connectivity index (χ2n) is 6.95. The minimum atomic E-state index is -0.310. The van der Waals surface area contributed by atoms with Crippen LogP contribution in [0.3, 0.4) is 0 Å². The number of carbonyl (C=O) groups excluding carboxylic acids is 2. The highest BCUT2D eigenvalue weighted by molar-refractivity contribution is 5.85. The molecule has 3 amide bonds. The molecular formula is C22H26FN3O4. The van der Waals surface area contributed by atoms with E-state index >= 15 is 0 Å². The number of amides is 3. The van der Waals surface area contributed by atoms with Crippen LogP contribution in [-0.2, 0) is 17.9 Å². The Morgan fingerprint density at radius 3 is 2.47 bits per heavy atom. The molecule has 8 heteroatoms. The predicted molar refractivity (Wildman–Crippen MR) is 110 cm³/mol. The van der Waals surface area contributed by atoms with E-state index in [1.807, 2.05) is 19.1 Å². The molecule has 0 aliphatic carbocycles. The number of nitrogens with one attached hydrogen (secondary N) is 1. The van der Waals surface area contributed by atoms with E-state index in [4.69, 9.17) is 9.47 Å². The Balaban J connectivity index is 1.49. The molecule has 160 valence electrons. The standard InChI is InChI=1S/C22H26FN3O4/c1-3-30-19-9-6-17(12-20(19)29-2)13-24-21(27)15-26-11-10-25(22(26)28)14-16-4-7-18(23)8-5-16/h4-9,12H,3,10-11,13-15H2,1-2H3,(H,24,27). The molecule has 7 nitrogen and oxygen atoms in total. The fourth-order valence-electron chi connectivity index (χ4n) is 3.26. The van der Waals surface area contributed by atoms with Crippen molar-refractivity contribution in [3.05, 3.63) is 59.4 Å². The van der Waals surface area contributed by atoms with Crippen LogP contribution in [0.2, 0.25) is 0 Å². The van der Waals surface area contributed by atoms with Gasteiger partial charge in [0.2, 0.25) is 5.91 Å². The number of methoxy groups -OCH3 is 1. The van der Waals surface area contributed by atoms with E-state index in [0.717, 1.165) is 11.1 Å². The van der Waals surface area contributed by atoms with E-state index in [9.17, 15) is 14.0 Å². The van der Waals surface area contributed by atoms with E-state index in [2.05, 4.69) is 5.32 Å². The largest absolute Gasteiger partial charge is 0.493 e. The van der Waals surface area contributed by atoms with Crippen LogP contribution >= 0.6 is 0 Å². The van der Waals surface area contributed by atoms with Crippen molar-refractivity contribution in [2.24, 2.45) is 0 Å². The number of benzene rings is 2. The van der Waals surface area contributed by atoms with Crippen LogP contribution in [0.4, 0.5) is 9.18 Å². The van der Waals surface area contributed by atoms with E-state index < -0.39 is 0 Å². The Bertz CT molecular complexity index is 888. The Hall–Kier alpha value is -3.29. The average molecular weight is 415 g/mol. The first-order valence-electron chi connectivity index (χ1n) is 9.85. The maximum Gasteiger partial charge on any atom is 0.320 e. The molecular weight excluding hydrogens is 389 g/mol. The molecule has 1 aliphatic rings. The fraction of sp³-hybridized carbons (Fsp3) is 0.364. The zero-order valence-corrected chi connectivity index (χ0v) is 17.2. The third kappa shape index (κ3) is 5.40. The molecule has 1 aliphatic heterocycles.